The first-order chi connectivity index (χ1) is 11.8. The summed E-state index contributed by atoms with van der Waals surface area (Å²) in [7, 11) is -1.48. The molecule has 0 unspecified atom stereocenters. The molecule has 1 aromatic carbocycles. The van der Waals surface area contributed by atoms with Crippen molar-refractivity contribution in [2.75, 3.05) is 13.3 Å². The maximum absolute atomic E-state index is 13.1. The van der Waals surface area contributed by atoms with Gasteiger partial charge in [0.1, 0.15) is 0 Å². The van der Waals surface area contributed by atoms with Crippen molar-refractivity contribution >= 4 is 15.7 Å². The van der Waals surface area contributed by atoms with Gasteiger partial charge in [-0.3, -0.25) is 14.8 Å². The van der Waals surface area contributed by atoms with E-state index in [0.717, 1.165) is 30.5 Å². The van der Waals surface area contributed by atoms with Crippen molar-refractivity contribution in [3.63, 3.8) is 0 Å². The third-order valence-electron chi connectivity index (χ3n) is 4.81. The lowest BCUT2D eigenvalue weighted by molar-refractivity contribution is -0.140. The van der Waals surface area contributed by atoms with Gasteiger partial charge < -0.3 is 4.90 Å². The van der Waals surface area contributed by atoms with Crippen molar-refractivity contribution in [2.45, 2.75) is 36.1 Å². The fraction of sp³-hybridized carbons (Fsp3) is 0.389. The minimum absolute atomic E-state index is 0.0384. The molecule has 0 N–H and O–H groups in total. The molecular weight excluding hydrogens is 338 g/mol. The Balaban J connectivity index is 1.83. The molecule has 0 saturated heterocycles. The van der Waals surface area contributed by atoms with Gasteiger partial charge in [-0.1, -0.05) is 18.6 Å². The average Bonchev–Trinajstić information content (AvgIpc) is 2.54. The van der Waals surface area contributed by atoms with E-state index in [0.29, 0.717) is 6.54 Å². The van der Waals surface area contributed by atoms with Crippen LogP contribution in [-0.2, 0) is 26.6 Å². The second-order valence-corrected chi connectivity index (χ2v) is 8.61. The summed E-state index contributed by atoms with van der Waals surface area (Å²) in [6.07, 6.45) is 8.57. The first-order valence-electron chi connectivity index (χ1n) is 8.14. The number of benzene rings is 1. The molecule has 1 saturated carbocycles. The number of amides is 1. The highest BCUT2D eigenvalue weighted by atomic mass is 32.2. The Morgan fingerprint density at radius 3 is 2.36 bits per heavy atom. The maximum Gasteiger partial charge on any atom is 0.233 e. The molecule has 3 rings (SSSR count). The second-order valence-electron chi connectivity index (χ2n) is 6.59. The average molecular weight is 359 g/mol. The number of rotatable bonds is 5. The molecule has 0 atom stereocenters. The molecule has 1 aliphatic carbocycles. The van der Waals surface area contributed by atoms with Crippen molar-refractivity contribution < 1.29 is 13.2 Å². The SMILES string of the molecule is CN(Cc1cnccn1)C(=O)C1(c2ccc(S(C)(=O)=O)cc2)CCC1. The Morgan fingerprint density at radius 1 is 1.20 bits per heavy atom. The molecule has 1 aliphatic rings. The summed E-state index contributed by atoms with van der Waals surface area (Å²) in [5, 5.41) is 0. The lowest BCUT2D eigenvalue weighted by Crippen LogP contribution is -2.49. The van der Waals surface area contributed by atoms with Crippen molar-refractivity contribution in [2.24, 2.45) is 0 Å². The molecule has 2 aromatic rings. The third-order valence-corrected chi connectivity index (χ3v) is 5.94. The van der Waals surface area contributed by atoms with Crippen LogP contribution in [0.2, 0.25) is 0 Å². The molecule has 1 heterocycles. The number of sulfone groups is 1. The van der Waals surface area contributed by atoms with Crippen molar-refractivity contribution in [1.29, 1.82) is 0 Å². The van der Waals surface area contributed by atoms with Gasteiger partial charge in [0.15, 0.2) is 9.84 Å². The predicted octanol–water partition coefficient (Wildman–Crippen LogP) is 1.96. The summed E-state index contributed by atoms with van der Waals surface area (Å²) < 4.78 is 23.3. The second kappa shape index (κ2) is 6.55. The molecule has 0 bridgehead atoms. The lowest BCUT2D eigenvalue weighted by Gasteiger charge is -2.43. The molecule has 0 radical (unpaired) electrons. The molecule has 7 heteroatoms. The zero-order valence-corrected chi connectivity index (χ0v) is 15.2. The van der Waals surface area contributed by atoms with E-state index >= 15 is 0 Å². The van der Waals surface area contributed by atoms with E-state index in [1.807, 2.05) is 0 Å². The van der Waals surface area contributed by atoms with Crippen LogP contribution in [0.4, 0.5) is 0 Å². The fourth-order valence-electron chi connectivity index (χ4n) is 3.27. The van der Waals surface area contributed by atoms with Crippen molar-refractivity contribution in [3.8, 4) is 0 Å². The standard InChI is InChI=1S/C18H21N3O3S/c1-21(13-15-12-19-10-11-20-15)17(22)18(8-3-9-18)14-4-6-16(7-5-14)25(2,23)24/h4-7,10-12H,3,8-9,13H2,1-2H3. The van der Waals surface area contributed by atoms with Gasteiger partial charge in [-0.15, -0.1) is 0 Å². The van der Waals surface area contributed by atoms with Gasteiger partial charge >= 0.3 is 0 Å². The first-order valence-corrected chi connectivity index (χ1v) is 10.0. The highest BCUT2D eigenvalue weighted by molar-refractivity contribution is 7.90. The number of carbonyl (C=O) groups excluding carboxylic acids is 1. The van der Waals surface area contributed by atoms with Crippen molar-refractivity contribution in [1.82, 2.24) is 14.9 Å². The Kier molecular flexibility index (Phi) is 4.60. The van der Waals surface area contributed by atoms with Crippen LogP contribution < -0.4 is 0 Å². The quantitative estimate of drug-likeness (QED) is 0.815. The van der Waals surface area contributed by atoms with Crippen LogP contribution >= 0.6 is 0 Å². The molecule has 6 nitrogen and oxygen atoms in total. The van der Waals surface area contributed by atoms with Crippen LogP contribution in [-0.4, -0.2) is 42.5 Å². The Labute approximate surface area is 147 Å². The smallest absolute Gasteiger partial charge is 0.233 e. The van der Waals surface area contributed by atoms with Gasteiger partial charge in [0.05, 0.1) is 28.7 Å². The molecule has 25 heavy (non-hydrogen) atoms. The number of aromatic nitrogens is 2. The number of carbonyl (C=O) groups is 1. The number of hydrogen-bond acceptors (Lipinski definition) is 5. The maximum atomic E-state index is 13.1. The van der Waals surface area contributed by atoms with E-state index in [-0.39, 0.29) is 10.8 Å². The summed E-state index contributed by atoms with van der Waals surface area (Å²) in [6.45, 7) is 0.399. The number of likely N-dealkylation sites (N-methyl/N-ethyl adjacent to an activating group) is 1. The topological polar surface area (TPSA) is 80.2 Å². The number of nitrogens with zero attached hydrogens (tertiary/aromatic N) is 3. The summed E-state index contributed by atoms with van der Waals surface area (Å²) in [5.74, 6) is 0.0384. The van der Waals surface area contributed by atoms with Gasteiger partial charge in [0, 0.05) is 25.7 Å². The molecule has 0 spiro atoms. The summed E-state index contributed by atoms with van der Waals surface area (Å²) in [5.41, 5.74) is 1.05. The van der Waals surface area contributed by atoms with Crippen LogP contribution in [0.1, 0.15) is 30.5 Å². The van der Waals surface area contributed by atoms with E-state index in [2.05, 4.69) is 9.97 Å². The highest BCUT2D eigenvalue weighted by Gasteiger charge is 2.47. The Morgan fingerprint density at radius 2 is 1.88 bits per heavy atom. The molecule has 1 fully saturated rings. The predicted molar refractivity (Wildman–Crippen MR) is 93.6 cm³/mol. The third kappa shape index (κ3) is 3.42. The summed E-state index contributed by atoms with van der Waals surface area (Å²) >= 11 is 0. The van der Waals surface area contributed by atoms with Gasteiger partial charge in [0.25, 0.3) is 0 Å². The molecule has 132 valence electrons. The van der Waals surface area contributed by atoms with Gasteiger partial charge in [-0.2, -0.15) is 0 Å². The van der Waals surface area contributed by atoms with Crippen LogP contribution in [0, 0.1) is 0 Å². The van der Waals surface area contributed by atoms with E-state index < -0.39 is 15.3 Å². The van der Waals surface area contributed by atoms with Crippen LogP contribution in [0.3, 0.4) is 0 Å². The minimum atomic E-state index is -3.24. The molecular formula is C18H21N3O3S. The lowest BCUT2D eigenvalue weighted by atomic mass is 9.63. The largest absolute Gasteiger partial charge is 0.339 e. The van der Waals surface area contributed by atoms with Gasteiger partial charge in [-0.25, -0.2) is 8.42 Å². The Bertz CT molecular complexity index is 860. The van der Waals surface area contributed by atoms with E-state index in [1.54, 1.807) is 54.8 Å². The highest BCUT2D eigenvalue weighted by Crippen LogP contribution is 2.45. The molecule has 1 amide bonds. The van der Waals surface area contributed by atoms with Gasteiger partial charge in [0.2, 0.25) is 5.91 Å². The van der Waals surface area contributed by atoms with E-state index in [9.17, 15) is 13.2 Å². The molecule has 0 aliphatic heterocycles. The monoisotopic (exact) mass is 359 g/mol. The zero-order chi connectivity index (χ0) is 18.1. The fourth-order valence-corrected chi connectivity index (χ4v) is 3.90. The number of hydrogen-bond donors (Lipinski definition) is 0. The molecule has 1 aromatic heterocycles. The van der Waals surface area contributed by atoms with E-state index in [1.165, 1.54) is 6.26 Å². The van der Waals surface area contributed by atoms with Crippen LogP contribution in [0.25, 0.3) is 0 Å². The summed E-state index contributed by atoms with van der Waals surface area (Å²) in [6, 6.07) is 6.70. The zero-order valence-electron chi connectivity index (χ0n) is 14.3. The van der Waals surface area contributed by atoms with Gasteiger partial charge in [-0.05, 0) is 30.5 Å². The van der Waals surface area contributed by atoms with Crippen LogP contribution in [0.15, 0.2) is 47.8 Å². The normalized spacial score (nSPS) is 16.1. The van der Waals surface area contributed by atoms with Crippen LogP contribution in [0.5, 0.6) is 0 Å². The summed E-state index contributed by atoms with van der Waals surface area (Å²) in [4.78, 5) is 23.3. The first kappa shape index (κ1) is 17.5. The van der Waals surface area contributed by atoms with Crippen molar-refractivity contribution in [3.05, 3.63) is 54.1 Å². The Hall–Kier alpha value is -2.28. The minimum Gasteiger partial charge on any atom is -0.339 e. The van der Waals surface area contributed by atoms with E-state index in [4.69, 9.17) is 0 Å².